The number of nitrogens with one attached hydrogen (secondary N) is 1. The molecule has 0 atom stereocenters. The number of benzene rings is 2. The quantitative estimate of drug-likeness (QED) is 0.749. The number of rotatable bonds is 3. The van der Waals surface area contributed by atoms with E-state index in [9.17, 15) is 17.6 Å². The first-order valence-corrected chi connectivity index (χ1v) is 6.62. The molecule has 2 aromatic carbocycles. The molecule has 0 unspecified atom stereocenters. The number of tetrazole rings is 1. The average Bonchev–Trinajstić information content (AvgIpc) is 3.01. The summed E-state index contributed by atoms with van der Waals surface area (Å²) in [6.07, 6.45) is -4.13. The van der Waals surface area contributed by atoms with Crippen molar-refractivity contribution in [2.24, 2.45) is 0 Å². The van der Waals surface area contributed by atoms with Crippen LogP contribution in [0.25, 0.3) is 11.4 Å². The van der Waals surface area contributed by atoms with Gasteiger partial charge in [0.25, 0.3) is 0 Å². The van der Waals surface area contributed by atoms with Crippen molar-refractivity contribution in [3.05, 3.63) is 65.0 Å². The fraction of sp³-hybridized carbons (Fsp3) is 0.133. The molecule has 0 aliphatic rings. The summed E-state index contributed by atoms with van der Waals surface area (Å²) < 4.78 is 51.2. The molecule has 1 aromatic heterocycles. The lowest BCUT2D eigenvalue weighted by atomic mass is 9.98. The molecule has 3 rings (SSSR count). The molecule has 23 heavy (non-hydrogen) atoms. The van der Waals surface area contributed by atoms with E-state index >= 15 is 0 Å². The molecule has 3 aromatic rings. The van der Waals surface area contributed by atoms with Crippen molar-refractivity contribution in [2.75, 3.05) is 0 Å². The molecular formula is C15H10F4N4. The molecule has 0 amide bonds. The summed E-state index contributed by atoms with van der Waals surface area (Å²) in [6, 6.07) is 8.83. The van der Waals surface area contributed by atoms with E-state index < -0.39 is 17.6 Å². The number of aromatic nitrogens is 4. The van der Waals surface area contributed by atoms with Gasteiger partial charge in [-0.1, -0.05) is 12.1 Å². The van der Waals surface area contributed by atoms with Gasteiger partial charge in [0.1, 0.15) is 5.82 Å². The normalized spacial score (nSPS) is 11.7. The molecule has 4 nitrogen and oxygen atoms in total. The smallest absolute Gasteiger partial charge is 0.207 e. The van der Waals surface area contributed by atoms with E-state index in [1.54, 1.807) is 0 Å². The van der Waals surface area contributed by atoms with Gasteiger partial charge in [-0.15, -0.1) is 10.2 Å². The van der Waals surface area contributed by atoms with E-state index in [1.165, 1.54) is 30.3 Å². The summed E-state index contributed by atoms with van der Waals surface area (Å²) >= 11 is 0. The van der Waals surface area contributed by atoms with Crippen molar-refractivity contribution in [3.63, 3.8) is 0 Å². The zero-order valence-electron chi connectivity index (χ0n) is 11.6. The number of nitrogens with zero attached hydrogens (tertiary/aromatic N) is 3. The van der Waals surface area contributed by atoms with E-state index in [1.807, 2.05) is 0 Å². The highest BCUT2D eigenvalue weighted by Crippen LogP contribution is 2.30. The molecule has 1 N–H and O–H groups in total. The molecule has 0 fully saturated rings. The minimum atomic E-state index is -4.38. The second-order valence-electron chi connectivity index (χ2n) is 4.91. The van der Waals surface area contributed by atoms with Crippen LogP contribution in [0.3, 0.4) is 0 Å². The van der Waals surface area contributed by atoms with Crippen LogP contribution in [0.5, 0.6) is 0 Å². The van der Waals surface area contributed by atoms with Gasteiger partial charge in [0.05, 0.1) is 5.56 Å². The predicted octanol–water partition coefficient (Wildman–Crippen LogP) is 3.62. The highest BCUT2D eigenvalue weighted by atomic mass is 19.4. The first-order chi connectivity index (χ1) is 10.9. The Morgan fingerprint density at radius 2 is 1.74 bits per heavy atom. The average molecular weight is 322 g/mol. The molecule has 118 valence electrons. The van der Waals surface area contributed by atoms with E-state index in [2.05, 4.69) is 20.6 Å². The van der Waals surface area contributed by atoms with E-state index in [4.69, 9.17) is 0 Å². The van der Waals surface area contributed by atoms with E-state index in [0.717, 1.165) is 12.1 Å². The van der Waals surface area contributed by atoms with Gasteiger partial charge in [0.2, 0.25) is 5.82 Å². The highest BCUT2D eigenvalue weighted by Gasteiger charge is 2.29. The van der Waals surface area contributed by atoms with Crippen LogP contribution in [0.4, 0.5) is 17.6 Å². The number of H-pyrrole nitrogens is 1. The molecule has 0 radical (unpaired) electrons. The van der Waals surface area contributed by atoms with Crippen molar-refractivity contribution in [1.29, 1.82) is 0 Å². The van der Waals surface area contributed by atoms with Crippen LogP contribution >= 0.6 is 0 Å². The second-order valence-corrected chi connectivity index (χ2v) is 4.91. The molecule has 0 aliphatic heterocycles. The molecule has 0 aliphatic carbocycles. The largest absolute Gasteiger partial charge is 0.416 e. The summed E-state index contributed by atoms with van der Waals surface area (Å²) in [5.74, 6) is -0.147. The van der Waals surface area contributed by atoms with Crippen molar-refractivity contribution >= 4 is 0 Å². The lowest BCUT2D eigenvalue weighted by Crippen LogP contribution is -2.04. The topological polar surface area (TPSA) is 54.5 Å². The van der Waals surface area contributed by atoms with Crippen LogP contribution in [-0.2, 0) is 12.6 Å². The molecule has 0 spiro atoms. The standard InChI is InChI=1S/C15H10F4N4/c16-12-5-6-13(14-20-22-23-21-14)10(8-12)7-9-1-3-11(4-2-9)15(17,18)19/h1-6,8H,7H2,(H,20,21,22,23). The van der Waals surface area contributed by atoms with Crippen molar-refractivity contribution in [1.82, 2.24) is 20.6 Å². The van der Waals surface area contributed by atoms with Gasteiger partial charge in [-0.2, -0.15) is 18.4 Å². The molecule has 0 saturated heterocycles. The van der Waals surface area contributed by atoms with Crippen LogP contribution < -0.4 is 0 Å². The first-order valence-electron chi connectivity index (χ1n) is 6.62. The Balaban J connectivity index is 1.92. The summed E-state index contributed by atoms with van der Waals surface area (Å²) in [5, 5.41) is 13.5. The molecule has 1 heterocycles. The summed E-state index contributed by atoms with van der Waals surface area (Å²) in [4.78, 5) is 0. The minimum absolute atomic E-state index is 0.250. The second kappa shape index (κ2) is 5.79. The van der Waals surface area contributed by atoms with Crippen LogP contribution in [-0.4, -0.2) is 20.6 Å². The monoisotopic (exact) mass is 322 g/mol. The van der Waals surface area contributed by atoms with Crippen LogP contribution in [0.2, 0.25) is 0 Å². The van der Waals surface area contributed by atoms with Gasteiger partial charge in [-0.05, 0) is 53.1 Å². The number of aromatic amines is 1. The first kappa shape index (κ1) is 15.1. The molecule has 0 bridgehead atoms. The van der Waals surface area contributed by atoms with Crippen molar-refractivity contribution < 1.29 is 17.6 Å². The maximum Gasteiger partial charge on any atom is 0.416 e. The number of hydrogen-bond donors (Lipinski definition) is 1. The minimum Gasteiger partial charge on any atom is -0.207 e. The van der Waals surface area contributed by atoms with Crippen LogP contribution in [0, 0.1) is 5.82 Å². The van der Waals surface area contributed by atoms with Crippen molar-refractivity contribution in [3.8, 4) is 11.4 Å². The Kier molecular flexibility index (Phi) is 3.81. The third-order valence-corrected chi connectivity index (χ3v) is 3.33. The lowest BCUT2D eigenvalue weighted by molar-refractivity contribution is -0.137. The third kappa shape index (κ3) is 3.36. The fourth-order valence-corrected chi connectivity index (χ4v) is 2.23. The third-order valence-electron chi connectivity index (χ3n) is 3.33. The zero-order chi connectivity index (χ0) is 16.4. The van der Waals surface area contributed by atoms with Gasteiger partial charge in [-0.25, -0.2) is 4.39 Å². The van der Waals surface area contributed by atoms with Crippen LogP contribution in [0.1, 0.15) is 16.7 Å². The number of halogens is 4. The molecular weight excluding hydrogens is 312 g/mol. The maximum absolute atomic E-state index is 13.5. The number of hydrogen-bond acceptors (Lipinski definition) is 3. The lowest BCUT2D eigenvalue weighted by Gasteiger charge is -2.09. The number of alkyl halides is 3. The summed E-state index contributed by atoms with van der Waals surface area (Å²) in [5.41, 5.74) is 1.03. The van der Waals surface area contributed by atoms with Crippen molar-refractivity contribution in [2.45, 2.75) is 12.6 Å². The Morgan fingerprint density at radius 3 is 2.35 bits per heavy atom. The van der Waals surface area contributed by atoms with Gasteiger partial charge < -0.3 is 0 Å². The Hall–Kier alpha value is -2.77. The molecule has 8 heteroatoms. The van der Waals surface area contributed by atoms with Gasteiger partial charge in [-0.3, -0.25) is 0 Å². The highest BCUT2D eigenvalue weighted by molar-refractivity contribution is 5.60. The Labute approximate surface area is 128 Å². The van der Waals surface area contributed by atoms with Crippen LogP contribution in [0.15, 0.2) is 42.5 Å². The van der Waals surface area contributed by atoms with E-state index in [0.29, 0.717) is 22.5 Å². The molecule has 0 saturated carbocycles. The fourth-order valence-electron chi connectivity index (χ4n) is 2.23. The Bertz CT molecular complexity index is 795. The SMILES string of the molecule is Fc1ccc(-c2nn[nH]n2)c(Cc2ccc(C(F)(F)F)cc2)c1. The Morgan fingerprint density at radius 1 is 1.00 bits per heavy atom. The van der Waals surface area contributed by atoms with Gasteiger partial charge in [0, 0.05) is 5.56 Å². The van der Waals surface area contributed by atoms with E-state index in [-0.39, 0.29) is 6.42 Å². The van der Waals surface area contributed by atoms with Gasteiger partial charge in [0.15, 0.2) is 0 Å². The zero-order valence-corrected chi connectivity index (χ0v) is 11.6. The predicted molar refractivity (Wildman–Crippen MR) is 73.8 cm³/mol. The van der Waals surface area contributed by atoms with Gasteiger partial charge >= 0.3 is 6.18 Å². The summed E-state index contributed by atoms with van der Waals surface area (Å²) in [6.45, 7) is 0. The maximum atomic E-state index is 13.5. The summed E-state index contributed by atoms with van der Waals surface area (Å²) in [7, 11) is 0.